The van der Waals surface area contributed by atoms with Crippen molar-refractivity contribution in [1.82, 2.24) is 4.57 Å². The summed E-state index contributed by atoms with van der Waals surface area (Å²) < 4.78 is 14.4. The van der Waals surface area contributed by atoms with E-state index in [1.54, 1.807) is 18.3 Å². The fraction of sp³-hybridized carbons (Fsp3) is 0.182. The Hall–Kier alpha value is -1.16. The number of halogens is 2. The number of nitrogens with zero attached hydrogens (tertiary/aromatic N) is 1. The molecule has 0 aliphatic carbocycles. The maximum Gasteiger partial charge on any atom is 0.258 e. The summed E-state index contributed by atoms with van der Waals surface area (Å²) in [7, 11) is 0. The van der Waals surface area contributed by atoms with Crippen molar-refractivity contribution >= 4 is 26.7 Å². The number of benzene rings is 1. The van der Waals surface area contributed by atoms with E-state index in [2.05, 4.69) is 15.9 Å². The molecule has 0 radical (unpaired) electrons. The second-order valence-corrected chi connectivity index (χ2v) is 4.06. The summed E-state index contributed by atoms with van der Waals surface area (Å²) in [6, 6.07) is 7.24. The number of aryl methyl sites for hydroxylation is 1. The van der Waals surface area contributed by atoms with Gasteiger partial charge < -0.3 is 4.57 Å². The quantitative estimate of drug-likeness (QED) is 0.822. The fourth-order valence-corrected chi connectivity index (χ4v) is 2.05. The standard InChI is InChI=1S/C11H9BrFNO/c12-10-3-1-2-9-8(10)4-6-14(7-5-13)11(9)15/h1-4,6H,5,7H2. The molecular formula is C11H9BrFNO. The Bertz CT molecular complexity index is 550. The van der Waals surface area contributed by atoms with E-state index in [1.165, 1.54) is 4.57 Å². The summed E-state index contributed by atoms with van der Waals surface area (Å²) >= 11 is 3.37. The molecule has 1 aromatic heterocycles. The molecule has 0 N–H and O–H groups in total. The topological polar surface area (TPSA) is 22.0 Å². The first-order chi connectivity index (χ1) is 7.24. The lowest BCUT2D eigenvalue weighted by Crippen LogP contribution is -2.20. The molecule has 0 amide bonds. The van der Waals surface area contributed by atoms with Gasteiger partial charge in [0, 0.05) is 21.4 Å². The number of alkyl halides is 1. The minimum Gasteiger partial charge on any atom is -0.312 e. The van der Waals surface area contributed by atoms with E-state index in [-0.39, 0.29) is 12.1 Å². The Kier molecular flexibility index (Phi) is 2.86. The number of aromatic nitrogens is 1. The van der Waals surface area contributed by atoms with Crippen molar-refractivity contribution in [1.29, 1.82) is 0 Å². The maximum atomic E-state index is 12.2. The smallest absolute Gasteiger partial charge is 0.258 e. The van der Waals surface area contributed by atoms with Crippen LogP contribution in [0, 0.1) is 0 Å². The Labute approximate surface area is 94.5 Å². The summed E-state index contributed by atoms with van der Waals surface area (Å²) in [6.45, 7) is -0.416. The highest BCUT2D eigenvalue weighted by atomic mass is 79.9. The molecule has 0 fully saturated rings. The lowest BCUT2D eigenvalue weighted by molar-refractivity contribution is 0.441. The zero-order valence-electron chi connectivity index (χ0n) is 7.91. The number of hydrogen-bond donors (Lipinski definition) is 0. The van der Waals surface area contributed by atoms with Crippen molar-refractivity contribution < 1.29 is 4.39 Å². The number of hydrogen-bond acceptors (Lipinski definition) is 1. The second-order valence-electron chi connectivity index (χ2n) is 3.20. The van der Waals surface area contributed by atoms with Gasteiger partial charge in [-0.05, 0) is 18.2 Å². The zero-order valence-corrected chi connectivity index (χ0v) is 9.50. The van der Waals surface area contributed by atoms with E-state index in [4.69, 9.17) is 0 Å². The summed E-state index contributed by atoms with van der Waals surface area (Å²) in [5.41, 5.74) is -0.147. The molecule has 0 aliphatic heterocycles. The highest BCUT2D eigenvalue weighted by molar-refractivity contribution is 9.10. The summed E-state index contributed by atoms with van der Waals surface area (Å²) in [4.78, 5) is 11.8. The van der Waals surface area contributed by atoms with Crippen molar-refractivity contribution in [3.8, 4) is 0 Å². The molecular weight excluding hydrogens is 261 g/mol. The Morgan fingerprint density at radius 2 is 2.07 bits per heavy atom. The van der Waals surface area contributed by atoms with Gasteiger partial charge in [0.2, 0.25) is 0 Å². The number of fused-ring (bicyclic) bond motifs is 1. The van der Waals surface area contributed by atoms with Crippen molar-refractivity contribution in [2.24, 2.45) is 0 Å². The van der Waals surface area contributed by atoms with Gasteiger partial charge in [0.05, 0.1) is 6.54 Å². The van der Waals surface area contributed by atoms with Crippen LogP contribution in [0.25, 0.3) is 10.8 Å². The van der Waals surface area contributed by atoms with Crippen LogP contribution in [0.1, 0.15) is 0 Å². The van der Waals surface area contributed by atoms with Crippen LogP contribution in [-0.4, -0.2) is 11.2 Å². The van der Waals surface area contributed by atoms with Gasteiger partial charge in [-0.15, -0.1) is 0 Å². The number of rotatable bonds is 2. The minimum absolute atomic E-state index is 0.112. The van der Waals surface area contributed by atoms with Gasteiger partial charge in [0.25, 0.3) is 5.56 Å². The molecule has 0 spiro atoms. The normalized spacial score (nSPS) is 10.8. The molecule has 0 bridgehead atoms. The van der Waals surface area contributed by atoms with Gasteiger partial charge >= 0.3 is 0 Å². The van der Waals surface area contributed by atoms with Crippen molar-refractivity contribution in [2.75, 3.05) is 6.67 Å². The van der Waals surface area contributed by atoms with Gasteiger partial charge in [-0.3, -0.25) is 4.79 Å². The molecule has 0 saturated heterocycles. The predicted molar refractivity (Wildman–Crippen MR) is 61.9 cm³/mol. The van der Waals surface area contributed by atoms with Crippen LogP contribution in [0.15, 0.2) is 39.7 Å². The van der Waals surface area contributed by atoms with E-state index in [0.29, 0.717) is 5.39 Å². The Morgan fingerprint density at radius 3 is 2.80 bits per heavy atom. The molecule has 1 heterocycles. The lowest BCUT2D eigenvalue weighted by Gasteiger charge is -2.05. The molecule has 0 atom stereocenters. The van der Waals surface area contributed by atoms with E-state index in [9.17, 15) is 9.18 Å². The van der Waals surface area contributed by atoms with Crippen molar-refractivity contribution in [2.45, 2.75) is 6.54 Å². The van der Waals surface area contributed by atoms with Crippen molar-refractivity contribution in [3.05, 3.63) is 45.3 Å². The van der Waals surface area contributed by atoms with Gasteiger partial charge in [0.1, 0.15) is 6.67 Å². The number of pyridine rings is 1. The van der Waals surface area contributed by atoms with Crippen molar-refractivity contribution in [3.63, 3.8) is 0 Å². The van der Waals surface area contributed by atoms with Gasteiger partial charge in [-0.2, -0.15) is 0 Å². The second kappa shape index (κ2) is 4.14. The highest BCUT2D eigenvalue weighted by Crippen LogP contribution is 2.20. The van der Waals surface area contributed by atoms with Crippen LogP contribution < -0.4 is 5.56 Å². The third-order valence-corrected chi connectivity index (χ3v) is 2.98. The molecule has 2 aromatic rings. The van der Waals surface area contributed by atoms with Crippen LogP contribution in [-0.2, 0) is 6.54 Å². The van der Waals surface area contributed by atoms with E-state index < -0.39 is 6.67 Å². The molecule has 1 aromatic carbocycles. The summed E-state index contributed by atoms with van der Waals surface area (Å²) in [5, 5.41) is 1.47. The SMILES string of the molecule is O=c1c2cccc(Br)c2ccn1CCF. The lowest BCUT2D eigenvalue weighted by atomic mass is 10.2. The van der Waals surface area contributed by atoms with Gasteiger partial charge in [0.15, 0.2) is 0 Å². The summed E-state index contributed by atoms with van der Waals surface area (Å²) in [6.07, 6.45) is 1.62. The van der Waals surface area contributed by atoms with Gasteiger partial charge in [-0.25, -0.2) is 4.39 Å². The average Bonchev–Trinajstić information content (AvgIpc) is 2.23. The van der Waals surface area contributed by atoms with Crippen LogP contribution in [0.5, 0.6) is 0 Å². The molecule has 2 rings (SSSR count). The van der Waals surface area contributed by atoms with Crippen LogP contribution in [0.2, 0.25) is 0 Å². The molecule has 4 heteroatoms. The van der Waals surface area contributed by atoms with Crippen LogP contribution >= 0.6 is 15.9 Å². The Balaban J connectivity index is 2.75. The zero-order chi connectivity index (χ0) is 10.8. The third kappa shape index (κ3) is 1.81. The maximum absolute atomic E-state index is 12.2. The van der Waals surface area contributed by atoms with E-state index in [1.807, 2.05) is 12.1 Å². The highest BCUT2D eigenvalue weighted by Gasteiger charge is 2.04. The third-order valence-electron chi connectivity index (χ3n) is 2.29. The van der Waals surface area contributed by atoms with E-state index in [0.717, 1.165) is 9.86 Å². The minimum atomic E-state index is -0.528. The van der Waals surface area contributed by atoms with Crippen LogP contribution in [0.3, 0.4) is 0 Å². The molecule has 0 aliphatic rings. The summed E-state index contributed by atoms with van der Waals surface area (Å²) in [5.74, 6) is 0. The molecule has 15 heavy (non-hydrogen) atoms. The average molecular weight is 270 g/mol. The molecule has 0 unspecified atom stereocenters. The Morgan fingerprint density at radius 1 is 1.27 bits per heavy atom. The molecule has 78 valence electrons. The predicted octanol–water partition coefficient (Wildman–Crippen LogP) is 2.73. The van der Waals surface area contributed by atoms with Gasteiger partial charge in [-0.1, -0.05) is 22.0 Å². The molecule has 0 saturated carbocycles. The van der Waals surface area contributed by atoms with Crippen LogP contribution in [0.4, 0.5) is 4.39 Å². The monoisotopic (exact) mass is 269 g/mol. The largest absolute Gasteiger partial charge is 0.312 e. The fourth-order valence-electron chi connectivity index (χ4n) is 1.55. The van der Waals surface area contributed by atoms with E-state index >= 15 is 0 Å². The molecule has 2 nitrogen and oxygen atoms in total. The first-order valence-corrected chi connectivity index (χ1v) is 5.37. The first kappa shape index (κ1) is 10.4. The first-order valence-electron chi connectivity index (χ1n) is 4.57.